The van der Waals surface area contributed by atoms with Gasteiger partial charge in [-0.3, -0.25) is 9.88 Å². The average molecular weight is 234 g/mol. The number of carbonyl (C=O) groups excluding carboxylic acids is 1. The molecule has 0 aliphatic carbocycles. The quantitative estimate of drug-likeness (QED) is 0.790. The van der Waals surface area contributed by atoms with Crippen LogP contribution in [-0.2, 0) is 4.74 Å². The predicted octanol–water partition coefficient (Wildman–Crippen LogP) is 2.68. The number of nitrogens with zero attached hydrogens (tertiary/aromatic N) is 2. The maximum absolute atomic E-state index is 11.8. The Balaban J connectivity index is 2.27. The smallest absolute Gasteiger partial charge is 0.411 e. The molecule has 2 atom stereocenters. The zero-order valence-electron chi connectivity index (χ0n) is 10.7. The predicted molar refractivity (Wildman–Crippen MR) is 64.6 cm³/mol. The van der Waals surface area contributed by atoms with Crippen LogP contribution in [0.2, 0.25) is 0 Å². The number of pyridine rings is 1. The van der Waals surface area contributed by atoms with Gasteiger partial charge in [-0.2, -0.15) is 0 Å². The van der Waals surface area contributed by atoms with E-state index in [-0.39, 0.29) is 24.3 Å². The fraction of sp³-hybridized carbons (Fsp3) is 0.538. The van der Waals surface area contributed by atoms with Gasteiger partial charge in [0.2, 0.25) is 0 Å². The molecule has 0 unspecified atom stereocenters. The van der Waals surface area contributed by atoms with E-state index in [2.05, 4.69) is 4.98 Å². The van der Waals surface area contributed by atoms with E-state index >= 15 is 0 Å². The summed E-state index contributed by atoms with van der Waals surface area (Å²) in [7, 11) is 0. The summed E-state index contributed by atoms with van der Waals surface area (Å²) in [6.07, 6.45) is 1.34. The first kappa shape index (κ1) is 11.9. The Hall–Kier alpha value is -1.58. The SMILES string of the molecule is Cc1cc([C@H]2OC(=O)N(C(C)C)[C@H]2C)ccn1. The second kappa shape index (κ2) is 4.35. The summed E-state index contributed by atoms with van der Waals surface area (Å²) < 4.78 is 5.45. The standard InChI is InChI=1S/C13H18N2O2/c1-8(2)15-10(4)12(17-13(15)16)11-5-6-14-9(3)7-11/h5-8,10,12H,1-4H3/t10-,12-/m0/s1. The minimum Gasteiger partial charge on any atom is -0.439 e. The monoisotopic (exact) mass is 234 g/mol. The lowest BCUT2D eigenvalue weighted by Gasteiger charge is -2.24. The Morgan fingerprint density at radius 2 is 2.18 bits per heavy atom. The summed E-state index contributed by atoms with van der Waals surface area (Å²) in [6.45, 7) is 7.95. The van der Waals surface area contributed by atoms with E-state index in [9.17, 15) is 4.79 Å². The molecule has 0 bridgehead atoms. The largest absolute Gasteiger partial charge is 0.439 e. The van der Waals surface area contributed by atoms with Gasteiger partial charge < -0.3 is 4.74 Å². The highest BCUT2D eigenvalue weighted by Gasteiger charge is 2.40. The molecule has 1 saturated heterocycles. The third kappa shape index (κ3) is 2.12. The summed E-state index contributed by atoms with van der Waals surface area (Å²) in [5.41, 5.74) is 1.95. The number of rotatable bonds is 2. The highest BCUT2D eigenvalue weighted by molar-refractivity contribution is 5.71. The van der Waals surface area contributed by atoms with Crippen LogP contribution in [-0.4, -0.2) is 28.1 Å². The van der Waals surface area contributed by atoms with Gasteiger partial charge in [0.1, 0.15) is 6.10 Å². The van der Waals surface area contributed by atoms with Crippen molar-refractivity contribution in [3.05, 3.63) is 29.6 Å². The van der Waals surface area contributed by atoms with Crippen LogP contribution in [0.3, 0.4) is 0 Å². The van der Waals surface area contributed by atoms with E-state index in [1.165, 1.54) is 0 Å². The fourth-order valence-electron chi connectivity index (χ4n) is 2.35. The summed E-state index contributed by atoms with van der Waals surface area (Å²) >= 11 is 0. The molecule has 1 fully saturated rings. The number of ether oxygens (including phenoxy) is 1. The van der Waals surface area contributed by atoms with E-state index in [0.29, 0.717) is 0 Å². The maximum atomic E-state index is 11.8. The van der Waals surface area contributed by atoms with Gasteiger partial charge in [0.05, 0.1) is 6.04 Å². The van der Waals surface area contributed by atoms with Crippen molar-refractivity contribution in [3.8, 4) is 0 Å². The first-order valence-corrected chi connectivity index (χ1v) is 5.92. The van der Waals surface area contributed by atoms with E-state index in [1.807, 2.05) is 39.8 Å². The second-order valence-corrected chi connectivity index (χ2v) is 4.78. The van der Waals surface area contributed by atoms with E-state index in [0.717, 1.165) is 11.3 Å². The fourth-order valence-corrected chi connectivity index (χ4v) is 2.35. The Bertz CT molecular complexity index is 431. The van der Waals surface area contributed by atoms with Crippen LogP contribution in [0.1, 0.15) is 38.1 Å². The Kier molecular flexibility index (Phi) is 3.05. The number of hydrogen-bond acceptors (Lipinski definition) is 3. The molecule has 0 saturated carbocycles. The van der Waals surface area contributed by atoms with E-state index < -0.39 is 0 Å². The lowest BCUT2D eigenvalue weighted by atomic mass is 10.0. The summed E-state index contributed by atoms with van der Waals surface area (Å²) in [4.78, 5) is 17.7. The molecule has 2 rings (SSSR count). The molecule has 0 spiro atoms. The lowest BCUT2D eigenvalue weighted by molar-refractivity contribution is 0.129. The van der Waals surface area contributed by atoms with Gasteiger partial charge in [-0.25, -0.2) is 4.79 Å². The van der Waals surface area contributed by atoms with Gasteiger partial charge in [0.25, 0.3) is 0 Å². The van der Waals surface area contributed by atoms with Crippen molar-refractivity contribution in [2.75, 3.05) is 0 Å². The zero-order chi connectivity index (χ0) is 12.6. The van der Waals surface area contributed by atoms with Crippen LogP contribution in [0.15, 0.2) is 18.3 Å². The van der Waals surface area contributed by atoms with Crippen LogP contribution in [0.4, 0.5) is 4.79 Å². The lowest BCUT2D eigenvalue weighted by Crippen LogP contribution is -2.37. The molecule has 1 aliphatic rings. The minimum atomic E-state index is -0.230. The Labute approximate surface area is 102 Å². The average Bonchev–Trinajstić information content (AvgIpc) is 2.54. The van der Waals surface area contributed by atoms with Gasteiger partial charge in [-0.05, 0) is 45.4 Å². The Morgan fingerprint density at radius 3 is 2.71 bits per heavy atom. The second-order valence-electron chi connectivity index (χ2n) is 4.78. The van der Waals surface area contributed by atoms with Crippen molar-refractivity contribution >= 4 is 6.09 Å². The van der Waals surface area contributed by atoms with Gasteiger partial charge in [-0.15, -0.1) is 0 Å². The van der Waals surface area contributed by atoms with Gasteiger partial charge in [0.15, 0.2) is 0 Å². The van der Waals surface area contributed by atoms with Crippen molar-refractivity contribution < 1.29 is 9.53 Å². The highest BCUT2D eigenvalue weighted by atomic mass is 16.6. The molecule has 2 heterocycles. The molecule has 4 nitrogen and oxygen atoms in total. The molecule has 1 aliphatic heterocycles. The number of aromatic nitrogens is 1. The molecule has 0 aromatic carbocycles. The molecule has 17 heavy (non-hydrogen) atoms. The third-order valence-corrected chi connectivity index (χ3v) is 3.12. The van der Waals surface area contributed by atoms with Crippen molar-refractivity contribution in [3.63, 3.8) is 0 Å². The number of aryl methyl sites for hydroxylation is 1. The van der Waals surface area contributed by atoms with Crippen LogP contribution in [0.5, 0.6) is 0 Å². The summed E-state index contributed by atoms with van der Waals surface area (Å²) in [6, 6.07) is 4.10. The number of carbonyl (C=O) groups is 1. The molecular weight excluding hydrogens is 216 g/mol. The molecule has 4 heteroatoms. The molecular formula is C13H18N2O2. The van der Waals surface area contributed by atoms with E-state index in [1.54, 1.807) is 11.1 Å². The molecule has 1 amide bonds. The molecule has 1 aromatic rings. The van der Waals surface area contributed by atoms with Gasteiger partial charge in [-0.1, -0.05) is 0 Å². The maximum Gasteiger partial charge on any atom is 0.411 e. The molecule has 0 radical (unpaired) electrons. The van der Waals surface area contributed by atoms with E-state index in [4.69, 9.17) is 4.74 Å². The zero-order valence-corrected chi connectivity index (χ0v) is 10.7. The van der Waals surface area contributed by atoms with Crippen molar-refractivity contribution in [2.24, 2.45) is 0 Å². The van der Waals surface area contributed by atoms with Crippen molar-refractivity contribution in [2.45, 2.75) is 45.9 Å². The Morgan fingerprint density at radius 1 is 1.47 bits per heavy atom. The van der Waals surface area contributed by atoms with Gasteiger partial charge >= 0.3 is 6.09 Å². The third-order valence-electron chi connectivity index (χ3n) is 3.12. The van der Waals surface area contributed by atoms with Gasteiger partial charge in [0, 0.05) is 17.9 Å². The molecule has 1 aromatic heterocycles. The summed E-state index contributed by atoms with van der Waals surface area (Å²) in [5.74, 6) is 0. The topological polar surface area (TPSA) is 42.4 Å². The number of hydrogen-bond donors (Lipinski definition) is 0. The molecule has 92 valence electrons. The van der Waals surface area contributed by atoms with Crippen LogP contribution < -0.4 is 0 Å². The molecule has 0 N–H and O–H groups in total. The summed E-state index contributed by atoms with van der Waals surface area (Å²) in [5, 5.41) is 0. The minimum absolute atomic E-state index is 0.0595. The highest BCUT2D eigenvalue weighted by Crippen LogP contribution is 2.33. The normalized spacial score (nSPS) is 24.3. The van der Waals surface area contributed by atoms with Crippen LogP contribution in [0, 0.1) is 6.92 Å². The number of cyclic esters (lactones) is 1. The number of amides is 1. The first-order chi connectivity index (χ1) is 8.00. The van der Waals surface area contributed by atoms with Crippen molar-refractivity contribution in [1.29, 1.82) is 0 Å². The van der Waals surface area contributed by atoms with Crippen LogP contribution in [0.25, 0.3) is 0 Å². The van der Waals surface area contributed by atoms with Crippen molar-refractivity contribution in [1.82, 2.24) is 9.88 Å². The van der Waals surface area contributed by atoms with Crippen LogP contribution >= 0.6 is 0 Å². The first-order valence-electron chi connectivity index (χ1n) is 5.92.